The molecule has 0 saturated heterocycles. The molecular formula is C12H26O2. The molecule has 0 heterocycles. The zero-order valence-electron chi connectivity index (χ0n) is 10.2. The van der Waals surface area contributed by atoms with Crippen LogP contribution in [0.15, 0.2) is 0 Å². The van der Waals surface area contributed by atoms with Gasteiger partial charge >= 0.3 is 0 Å². The number of ether oxygens (including phenoxy) is 1. The fraction of sp³-hybridized carbons (Fsp3) is 1.00. The first-order valence-electron chi connectivity index (χ1n) is 5.72. The van der Waals surface area contributed by atoms with Gasteiger partial charge in [-0.1, -0.05) is 13.8 Å². The average molecular weight is 202 g/mol. The third-order valence-electron chi connectivity index (χ3n) is 2.15. The highest BCUT2D eigenvalue weighted by Gasteiger charge is 2.10. The molecule has 0 aromatic heterocycles. The van der Waals surface area contributed by atoms with Crippen LogP contribution in [0, 0.1) is 5.92 Å². The van der Waals surface area contributed by atoms with Gasteiger partial charge in [-0.25, -0.2) is 0 Å². The van der Waals surface area contributed by atoms with Crippen molar-refractivity contribution < 1.29 is 9.84 Å². The summed E-state index contributed by atoms with van der Waals surface area (Å²) in [6, 6.07) is 0. The van der Waals surface area contributed by atoms with Gasteiger partial charge in [-0.3, -0.25) is 0 Å². The van der Waals surface area contributed by atoms with Gasteiger partial charge in [0, 0.05) is 13.2 Å². The van der Waals surface area contributed by atoms with Gasteiger partial charge in [0.1, 0.15) is 0 Å². The lowest BCUT2D eigenvalue weighted by molar-refractivity contribution is 0.0513. The van der Waals surface area contributed by atoms with E-state index in [9.17, 15) is 5.11 Å². The van der Waals surface area contributed by atoms with E-state index in [1.54, 1.807) is 0 Å². The van der Waals surface area contributed by atoms with Crippen molar-refractivity contribution in [1.29, 1.82) is 0 Å². The molecule has 0 rings (SSSR count). The molecule has 0 aliphatic carbocycles. The third kappa shape index (κ3) is 11.9. The highest BCUT2D eigenvalue weighted by Crippen LogP contribution is 2.10. The van der Waals surface area contributed by atoms with Crippen molar-refractivity contribution >= 4 is 0 Å². The summed E-state index contributed by atoms with van der Waals surface area (Å²) < 4.78 is 5.47. The van der Waals surface area contributed by atoms with Crippen LogP contribution >= 0.6 is 0 Å². The Hall–Kier alpha value is -0.0800. The van der Waals surface area contributed by atoms with Crippen LogP contribution in [0.25, 0.3) is 0 Å². The summed E-state index contributed by atoms with van der Waals surface area (Å²) in [6.45, 7) is 9.78. The average Bonchev–Trinajstić information content (AvgIpc) is 2.00. The summed E-state index contributed by atoms with van der Waals surface area (Å²) in [5, 5.41) is 9.44. The van der Waals surface area contributed by atoms with Gasteiger partial charge in [-0.2, -0.15) is 0 Å². The molecule has 0 aromatic carbocycles. The predicted octanol–water partition coefficient (Wildman–Crippen LogP) is 2.99. The van der Waals surface area contributed by atoms with E-state index in [1.165, 1.54) is 6.42 Å². The molecule has 0 radical (unpaired) electrons. The fourth-order valence-corrected chi connectivity index (χ4v) is 1.30. The lowest BCUT2D eigenvalue weighted by atomic mass is 10.0. The van der Waals surface area contributed by atoms with E-state index in [0.717, 1.165) is 38.4 Å². The van der Waals surface area contributed by atoms with Gasteiger partial charge in [-0.15, -0.1) is 0 Å². The van der Waals surface area contributed by atoms with Crippen molar-refractivity contribution in [3.8, 4) is 0 Å². The first-order valence-corrected chi connectivity index (χ1v) is 5.72. The second kappa shape index (κ2) is 7.24. The van der Waals surface area contributed by atoms with Gasteiger partial charge < -0.3 is 9.84 Å². The van der Waals surface area contributed by atoms with Gasteiger partial charge in [-0.05, 0) is 45.4 Å². The van der Waals surface area contributed by atoms with Crippen molar-refractivity contribution in [2.45, 2.75) is 59.0 Å². The summed E-state index contributed by atoms with van der Waals surface area (Å²) >= 11 is 0. The van der Waals surface area contributed by atoms with Gasteiger partial charge in [0.05, 0.1) is 5.60 Å². The first kappa shape index (κ1) is 13.9. The molecular weight excluding hydrogens is 176 g/mol. The molecule has 0 unspecified atom stereocenters. The van der Waals surface area contributed by atoms with Crippen molar-refractivity contribution in [3.05, 3.63) is 0 Å². The highest BCUT2D eigenvalue weighted by atomic mass is 16.5. The SMILES string of the molecule is CC(C)CCCOCCCC(C)(C)O. The molecule has 86 valence electrons. The molecule has 1 N–H and O–H groups in total. The molecule has 0 spiro atoms. The van der Waals surface area contributed by atoms with Crippen LogP contribution in [0.4, 0.5) is 0 Å². The molecule has 0 amide bonds. The van der Waals surface area contributed by atoms with Crippen LogP contribution in [0.5, 0.6) is 0 Å². The molecule has 0 aliphatic rings. The zero-order valence-corrected chi connectivity index (χ0v) is 10.2. The Morgan fingerprint density at radius 2 is 1.71 bits per heavy atom. The smallest absolute Gasteiger partial charge is 0.0592 e. The minimum atomic E-state index is -0.540. The Labute approximate surface area is 88.7 Å². The lowest BCUT2D eigenvalue weighted by Gasteiger charge is -2.16. The van der Waals surface area contributed by atoms with Crippen LogP contribution < -0.4 is 0 Å². The topological polar surface area (TPSA) is 29.5 Å². The van der Waals surface area contributed by atoms with Gasteiger partial charge in [0.2, 0.25) is 0 Å². The van der Waals surface area contributed by atoms with Crippen molar-refractivity contribution in [2.75, 3.05) is 13.2 Å². The van der Waals surface area contributed by atoms with Crippen LogP contribution in [-0.2, 0) is 4.74 Å². The maximum Gasteiger partial charge on any atom is 0.0592 e. The van der Waals surface area contributed by atoms with E-state index in [0.29, 0.717) is 0 Å². The summed E-state index contributed by atoms with van der Waals surface area (Å²) in [7, 11) is 0. The first-order chi connectivity index (χ1) is 6.42. The van der Waals surface area contributed by atoms with Crippen molar-refractivity contribution in [1.82, 2.24) is 0 Å². The number of hydrogen-bond acceptors (Lipinski definition) is 2. The summed E-state index contributed by atoms with van der Waals surface area (Å²) in [5.41, 5.74) is -0.540. The Kier molecular flexibility index (Phi) is 7.20. The van der Waals surface area contributed by atoms with E-state index in [4.69, 9.17) is 4.74 Å². The van der Waals surface area contributed by atoms with Crippen molar-refractivity contribution in [3.63, 3.8) is 0 Å². The van der Waals surface area contributed by atoms with Crippen LogP contribution in [-0.4, -0.2) is 23.9 Å². The lowest BCUT2D eigenvalue weighted by Crippen LogP contribution is -2.18. The molecule has 0 saturated carbocycles. The van der Waals surface area contributed by atoms with Crippen LogP contribution in [0.3, 0.4) is 0 Å². The Balaban J connectivity index is 3.07. The summed E-state index contributed by atoms with van der Waals surface area (Å²) in [5.74, 6) is 0.773. The number of hydrogen-bond donors (Lipinski definition) is 1. The largest absolute Gasteiger partial charge is 0.390 e. The Morgan fingerprint density at radius 3 is 2.21 bits per heavy atom. The summed E-state index contributed by atoms with van der Waals surface area (Å²) in [6.07, 6.45) is 4.16. The van der Waals surface area contributed by atoms with Gasteiger partial charge in [0.25, 0.3) is 0 Å². The van der Waals surface area contributed by atoms with E-state index < -0.39 is 5.60 Å². The standard InChI is InChI=1S/C12H26O2/c1-11(2)7-5-9-14-10-6-8-12(3,4)13/h11,13H,5-10H2,1-4H3. The molecule has 0 atom stereocenters. The Morgan fingerprint density at radius 1 is 1.14 bits per heavy atom. The molecule has 0 aliphatic heterocycles. The van der Waals surface area contributed by atoms with E-state index in [-0.39, 0.29) is 0 Å². The molecule has 14 heavy (non-hydrogen) atoms. The zero-order chi connectivity index (χ0) is 11.0. The molecule has 0 bridgehead atoms. The number of rotatable bonds is 8. The highest BCUT2D eigenvalue weighted by molar-refractivity contribution is 4.63. The maximum absolute atomic E-state index is 9.44. The molecule has 2 nitrogen and oxygen atoms in total. The summed E-state index contributed by atoms with van der Waals surface area (Å²) in [4.78, 5) is 0. The maximum atomic E-state index is 9.44. The van der Waals surface area contributed by atoms with Crippen molar-refractivity contribution in [2.24, 2.45) is 5.92 Å². The monoisotopic (exact) mass is 202 g/mol. The molecule has 0 fully saturated rings. The number of aliphatic hydroxyl groups is 1. The second-order valence-corrected chi connectivity index (χ2v) is 5.06. The van der Waals surface area contributed by atoms with E-state index in [1.807, 2.05) is 13.8 Å². The second-order valence-electron chi connectivity index (χ2n) is 5.06. The third-order valence-corrected chi connectivity index (χ3v) is 2.15. The minimum Gasteiger partial charge on any atom is -0.390 e. The normalized spacial score (nSPS) is 12.4. The van der Waals surface area contributed by atoms with Gasteiger partial charge in [0.15, 0.2) is 0 Å². The van der Waals surface area contributed by atoms with E-state index >= 15 is 0 Å². The van der Waals surface area contributed by atoms with E-state index in [2.05, 4.69) is 13.8 Å². The molecule has 2 heteroatoms. The quantitative estimate of drug-likeness (QED) is 0.613. The molecule has 0 aromatic rings. The fourth-order valence-electron chi connectivity index (χ4n) is 1.30. The van der Waals surface area contributed by atoms with Crippen LogP contribution in [0.2, 0.25) is 0 Å². The minimum absolute atomic E-state index is 0.540. The Bertz CT molecular complexity index is 125. The van der Waals surface area contributed by atoms with Crippen LogP contribution in [0.1, 0.15) is 53.4 Å². The predicted molar refractivity (Wildman–Crippen MR) is 60.4 cm³/mol.